The van der Waals surface area contributed by atoms with Gasteiger partial charge in [0.15, 0.2) is 6.73 Å². The van der Waals surface area contributed by atoms with Gasteiger partial charge in [0.25, 0.3) is 0 Å². The van der Waals surface area contributed by atoms with Crippen molar-refractivity contribution in [2.24, 2.45) is 0 Å². The Labute approximate surface area is 112 Å². The third kappa shape index (κ3) is 4.71. The Morgan fingerprint density at radius 1 is 0.895 bits per heavy atom. The molecule has 2 amide bonds. The Hall–Kier alpha value is -2.49. The SMILES string of the molecule is O=C(NCOc1ccccc1)NCc1ccccc1. The van der Waals surface area contributed by atoms with Crippen LogP contribution in [-0.4, -0.2) is 12.8 Å². The summed E-state index contributed by atoms with van der Waals surface area (Å²) in [4.78, 5) is 11.5. The highest BCUT2D eigenvalue weighted by Gasteiger charge is 1.99. The average molecular weight is 256 g/mol. The van der Waals surface area contributed by atoms with E-state index < -0.39 is 0 Å². The fourth-order valence-corrected chi connectivity index (χ4v) is 1.54. The van der Waals surface area contributed by atoms with E-state index in [0.29, 0.717) is 6.54 Å². The highest BCUT2D eigenvalue weighted by molar-refractivity contribution is 5.73. The van der Waals surface area contributed by atoms with Crippen LogP contribution in [0.5, 0.6) is 5.75 Å². The summed E-state index contributed by atoms with van der Waals surface area (Å²) in [6.07, 6.45) is 0. The molecule has 0 atom stereocenters. The van der Waals surface area contributed by atoms with Crippen molar-refractivity contribution in [2.45, 2.75) is 6.54 Å². The lowest BCUT2D eigenvalue weighted by Gasteiger charge is -2.09. The van der Waals surface area contributed by atoms with Crippen molar-refractivity contribution >= 4 is 6.03 Å². The second-order valence-electron chi connectivity index (χ2n) is 3.95. The quantitative estimate of drug-likeness (QED) is 0.808. The highest BCUT2D eigenvalue weighted by Crippen LogP contribution is 2.06. The van der Waals surface area contributed by atoms with Gasteiger partial charge in [0.05, 0.1) is 0 Å². The Kier molecular flexibility index (Phi) is 4.81. The van der Waals surface area contributed by atoms with Crippen LogP contribution in [0.4, 0.5) is 4.79 Å². The van der Waals surface area contributed by atoms with Crippen LogP contribution in [0.1, 0.15) is 5.56 Å². The second kappa shape index (κ2) is 7.06. The van der Waals surface area contributed by atoms with Crippen LogP contribution in [0, 0.1) is 0 Å². The summed E-state index contributed by atoms with van der Waals surface area (Å²) in [6, 6.07) is 18.8. The molecule has 2 aromatic rings. The van der Waals surface area contributed by atoms with Crippen molar-refractivity contribution in [1.29, 1.82) is 0 Å². The van der Waals surface area contributed by atoms with Crippen LogP contribution >= 0.6 is 0 Å². The van der Waals surface area contributed by atoms with Crippen molar-refractivity contribution in [3.8, 4) is 5.75 Å². The Morgan fingerprint density at radius 3 is 2.21 bits per heavy atom. The molecule has 0 bridgehead atoms. The van der Waals surface area contributed by atoms with E-state index in [1.807, 2.05) is 60.7 Å². The minimum atomic E-state index is -0.250. The predicted octanol–water partition coefficient (Wildman–Crippen LogP) is 2.52. The molecular formula is C15H16N2O2. The van der Waals surface area contributed by atoms with Crippen LogP contribution in [0.15, 0.2) is 60.7 Å². The number of carbonyl (C=O) groups excluding carboxylic acids is 1. The standard InChI is InChI=1S/C15H16N2O2/c18-15(16-11-13-7-3-1-4-8-13)17-12-19-14-9-5-2-6-10-14/h1-10H,11-12H2,(H2,16,17,18). The zero-order valence-electron chi connectivity index (χ0n) is 10.5. The van der Waals surface area contributed by atoms with Gasteiger partial charge in [-0.15, -0.1) is 0 Å². The van der Waals surface area contributed by atoms with Gasteiger partial charge in [-0.1, -0.05) is 48.5 Å². The molecule has 98 valence electrons. The molecule has 2 N–H and O–H groups in total. The van der Waals surface area contributed by atoms with Crippen molar-refractivity contribution < 1.29 is 9.53 Å². The zero-order valence-corrected chi connectivity index (χ0v) is 10.5. The Balaban J connectivity index is 1.65. The number of carbonyl (C=O) groups is 1. The maximum atomic E-state index is 11.5. The largest absolute Gasteiger partial charge is 0.473 e. The van der Waals surface area contributed by atoms with Crippen LogP contribution in [0.3, 0.4) is 0 Å². The Bertz CT molecular complexity index is 500. The van der Waals surface area contributed by atoms with E-state index in [4.69, 9.17) is 4.74 Å². The Morgan fingerprint density at radius 2 is 1.53 bits per heavy atom. The van der Waals surface area contributed by atoms with Gasteiger partial charge < -0.3 is 15.4 Å². The maximum Gasteiger partial charge on any atom is 0.317 e. The first kappa shape index (κ1) is 13.0. The number of amides is 2. The summed E-state index contributed by atoms with van der Waals surface area (Å²) < 4.78 is 5.36. The van der Waals surface area contributed by atoms with E-state index in [1.165, 1.54) is 0 Å². The van der Waals surface area contributed by atoms with Crippen LogP contribution in [0.2, 0.25) is 0 Å². The number of hydrogen-bond donors (Lipinski definition) is 2. The van der Waals surface area contributed by atoms with Gasteiger partial charge in [0.2, 0.25) is 0 Å². The van der Waals surface area contributed by atoms with Gasteiger partial charge in [-0.3, -0.25) is 0 Å². The molecule has 0 fully saturated rings. The molecule has 0 saturated heterocycles. The van der Waals surface area contributed by atoms with Gasteiger partial charge in [-0.25, -0.2) is 4.79 Å². The van der Waals surface area contributed by atoms with E-state index in [9.17, 15) is 4.79 Å². The first-order chi connectivity index (χ1) is 9.34. The number of ether oxygens (including phenoxy) is 1. The number of urea groups is 1. The third-order valence-electron chi connectivity index (χ3n) is 2.51. The normalized spacial score (nSPS) is 9.68. The molecule has 0 aliphatic rings. The lowest BCUT2D eigenvalue weighted by molar-refractivity contribution is 0.223. The first-order valence-electron chi connectivity index (χ1n) is 6.08. The lowest BCUT2D eigenvalue weighted by Crippen LogP contribution is -2.37. The number of nitrogens with one attached hydrogen (secondary N) is 2. The monoisotopic (exact) mass is 256 g/mol. The van der Waals surface area contributed by atoms with Crippen LogP contribution < -0.4 is 15.4 Å². The lowest BCUT2D eigenvalue weighted by atomic mass is 10.2. The van der Waals surface area contributed by atoms with Crippen LogP contribution in [-0.2, 0) is 6.54 Å². The molecule has 0 aliphatic heterocycles. The topological polar surface area (TPSA) is 50.4 Å². The molecule has 4 nitrogen and oxygen atoms in total. The fourth-order valence-electron chi connectivity index (χ4n) is 1.54. The molecule has 0 aromatic heterocycles. The maximum absolute atomic E-state index is 11.5. The number of para-hydroxylation sites is 1. The van der Waals surface area contributed by atoms with Gasteiger partial charge in [0.1, 0.15) is 5.75 Å². The summed E-state index contributed by atoms with van der Waals surface area (Å²) in [5, 5.41) is 5.38. The van der Waals surface area contributed by atoms with Gasteiger partial charge in [-0.2, -0.15) is 0 Å². The minimum Gasteiger partial charge on any atom is -0.473 e. The van der Waals surface area contributed by atoms with Crippen molar-refractivity contribution in [3.05, 3.63) is 66.2 Å². The van der Waals surface area contributed by atoms with Crippen molar-refractivity contribution in [1.82, 2.24) is 10.6 Å². The molecule has 0 saturated carbocycles. The van der Waals surface area contributed by atoms with Gasteiger partial charge in [0, 0.05) is 6.54 Å². The van der Waals surface area contributed by atoms with E-state index in [1.54, 1.807) is 0 Å². The van der Waals surface area contributed by atoms with Crippen molar-refractivity contribution in [3.63, 3.8) is 0 Å². The third-order valence-corrected chi connectivity index (χ3v) is 2.51. The molecule has 19 heavy (non-hydrogen) atoms. The number of benzene rings is 2. The van der Waals surface area contributed by atoms with Gasteiger partial charge >= 0.3 is 6.03 Å². The average Bonchev–Trinajstić information content (AvgIpc) is 2.47. The summed E-state index contributed by atoms with van der Waals surface area (Å²) in [6.45, 7) is 0.642. The minimum absolute atomic E-state index is 0.143. The van der Waals surface area contributed by atoms with E-state index in [-0.39, 0.29) is 12.8 Å². The summed E-state index contributed by atoms with van der Waals surface area (Å²) >= 11 is 0. The van der Waals surface area contributed by atoms with Gasteiger partial charge in [-0.05, 0) is 17.7 Å². The summed E-state index contributed by atoms with van der Waals surface area (Å²) in [5.74, 6) is 0.728. The van der Waals surface area contributed by atoms with E-state index >= 15 is 0 Å². The zero-order chi connectivity index (χ0) is 13.3. The van der Waals surface area contributed by atoms with E-state index in [0.717, 1.165) is 11.3 Å². The smallest absolute Gasteiger partial charge is 0.317 e. The first-order valence-corrected chi connectivity index (χ1v) is 6.08. The molecule has 0 aliphatic carbocycles. The highest BCUT2D eigenvalue weighted by atomic mass is 16.5. The summed E-state index contributed by atoms with van der Waals surface area (Å²) in [5.41, 5.74) is 1.06. The molecule has 2 aromatic carbocycles. The fraction of sp³-hybridized carbons (Fsp3) is 0.133. The number of hydrogen-bond acceptors (Lipinski definition) is 2. The van der Waals surface area contributed by atoms with Crippen molar-refractivity contribution in [2.75, 3.05) is 6.73 Å². The molecule has 4 heteroatoms. The second-order valence-corrected chi connectivity index (χ2v) is 3.95. The molecule has 0 unspecified atom stereocenters. The predicted molar refractivity (Wildman–Crippen MR) is 73.8 cm³/mol. The molecule has 0 radical (unpaired) electrons. The number of rotatable bonds is 5. The van der Waals surface area contributed by atoms with E-state index in [2.05, 4.69) is 10.6 Å². The molecule has 0 heterocycles. The molecule has 2 rings (SSSR count). The summed E-state index contributed by atoms with van der Waals surface area (Å²) in [7, 11) is 0. The van der Waals surface area contributed by atoms with Crippen LogP contribution in [0.25, 0.3) is 0 Å². The molecular weight excluding hydrogens is 240 g/mol. The molecule has 0 spiro atoms.